The molecule has 0 atom stereocenters. The maximum absolute atomic E-state index is 10.7. The van der Waals surface area contributed by atoms with E-state index < -0.39 is 0 Å². The van der Waals surface area contributed by atoms with E-state index in [1.54, 1.807) is 12.5 Å². The Balaban J connectivity index is 1.98. The van der Waals surface area contributed by atoms with Crippen molar-refractivity contribution in [2.24, 2.45) is 0 Å². The van der Waals surface area contributed by atoms with Crippen LogP contribution in [0.5, 0.6) is 0 Å². The highest BCUT2D eigenvalue weighted by Gasteiger charge is 1.97. The molecule has 2 N–H and O–H groups in total. The van der Waals surface area contributed by atoms with E-state index in [9.17, 15) is 4.79 Å². The van der Waals surface area contributed by atoms with Crippen LogP contribution in [-0.4, -0.2) is 22.4 Å². The van der Waals surface area contributed by atoms with Crippen LogP contribution >= 0.6 is 0 Å². The minimum atomic E-state index is -0.0192. The number of aromatic amines is 1. The molecule has 1 amide bonds. The molecule has 0 unspecified atom stereocenters. The minimum Gasteiger partial charge on any atom is -0.353 e. The molecule has 0 bridgehead atoms. The van der Waals surface area contributed by atoms with Crippen molar-refractivity contribution in [3.05, 3.63) is 48.4 Å². The lowest BCUT2D eigenvalue weighted by atomic mass is 10.1. The van der Waals surface area contributed by atoms with Crippen molar-refractivity contribution < 1.29 is 4.79 Å². The van der Waals surface area contributed by atoms with Gasteiger partial charge in [0.2, 0.25) is 5.91 Å². The van der Waals surface area contributed by atoms with Crippen molar-refractivity contribution in [3.63, 3.8) is 0 Å². The van der Waals surface area contributed by atoms with Crippen LogP contribution in [0, 0.1) is 0 Å². The number of nitrogens with zero attached hydrogens (tertiary/aromatic N) is 1. The first-order chi connectivity index (χ1) is 8.75. The lowest BCUT2D eigenvalue weighted by Gasteiger charge is -1.99. The highest BCUT2D eigenvalue weighted by molar-refractivity contribution is 5.73. The topological polar surface area (TPSA) is 57.8 Å². The Hall–Kier alpha value is -2.36. The molecule has 0 spiro atoms. The van der Waals surface area contributed by atoms with Gasteiger partial charge in [0.05, 0.1) is 18.2 Å². The van der Waals surface area contributed by atoms with Gasteiger partial charge in [-0.2, -0.15) is 0 Å². The third-order valence-electron chi connectivity index (χ3n) is 2.50. The molecule has 2 aromatic rings. The van der Waals surface area contributed by atoms with Gasteiger partial charge in [-0.15, -0.1) is 0 Å². The summed E-state index contributed by atoms with van der Waals surface area (Å²) in [6.07, 6.45) is 7.36. The number of hydrogen-bond acceptors (Lipinski definition) is 2. The molecule has 4 heteroatoms. The van der Waals surface area contributed by atoms with Crippen LogP contribution in [0.2, 0.25) is 0 Å². The molecule has 0 saturated carbocycles. The zero-order valence-electron chi connectivity index (χ0n) is 10.2. The molecular formula is C14H15N3O. The minimum absolute atomic E-state index is 0.0192. The van der Waals surface area contributed by atoms with Crippen molar-refractivity contribution in [2.45, 2.75) is 6.92 Å². The van der Waals surface area contributed by atoms with Gasteiger partial charge in [0.25, 0.3) is 0 Å². The van der Waals surface area contributed by atoms with Crippen molar-refractivity contribution in [3.8, 4) is 11.3 Å². The second kappa shape index (κ2) is 5.82. The predicted molar refractivity (Wildman–Crippen MR) is 71.7 cm³/mol. The van der Waals surface area contributed by atoms with E-state index in [0.717, 1.165) is 16.8 Å². The van der Waals surface area contributed by atoms with Crippen LogP contribution in [0.3, 0.4) is 0 Å². The first-order valence-electron chi connectivity index (χ1n) is 5.75. The van der Waals surface area contributed by atoms with Crippen molar-refractivity contribution in [2.75, 3.05) is 6.54 Å². The van der Waals surface area contributed by atoms with E-state index in [2.05, 4.69) is 15.3 Å². The normalized spacial score (nSPS) is 10.7. The fraction of sp³-hybridized carbons (Fsp3) is 0.143. The van der Waals surface area contributed by atoms with Crippen LogP contribution in [-0.2, 0) is 4.79 Å². The summed E-state index contributed by atoms with van der Waals surface area (Å²) in [6.45, 7) is 2.06. The van der Waals surface area contributed by atoms with Gasteiger partial charge in [-0.05, 0) is 11.1 Å². The highest BCUT2D eigenvalue weighted by atomic mass is 16.1. The molecule has 0 aliphatic heterocycles. The number of benzene rings is 1. The summed E-state index contributed by atoms with van der Waals surface area (Å²) in [5.74, 6) is -0.0192. The molecule has 0 radical (unpaired) electrons. The number of aromatic nitrogens is 2. The third-order valence-corrected chi connectivity index (χ3v) is 2.50. The average Bonchev–Trinajstić information content (AvgIpc) is 2.89. The third kappa shape index (κ3) is 3.31. The molecule has 0 aliphatic carbocycles. The van der Waals surface area contributed by atoms with Gasteiger partial charge in [0, 0.05) is 13.5 Å². The number of imidazole rings is 1. The summed E-state index contributed by atoms with van der Waals surface area (Å²) >= 11 is 0. The molecule has 0 fully saturated rings. The van der Waals surface area contributed by atoms with Gasteiger partial charge in [-0.25, -0.2) is 4.98 Å². The molecule has 18 heavy (non-hydrogen) atoms. The Morgan fingerprint density at radius 1 is 1.39 bits per heavy atom. The molecule has 1 aromatic heterocycles. The number of hydrogen-bond donors (Lipinski definition) is 2. The summed E-state index contributed by atoms with van der Waals surface area (Å²) in [5.41, 5.74) is 3.21. The van der Waals surface area contributed by atoms with Crippen LogP contribution in [0.1, 0.15) is 12.5 Å². The van der Waals surface area contributed by atoms with Gasteiger partial charge in [0.15, 0.2) is 0 Å². The predicted octanol–water partition coefficient (Wildman–Crippen LogP) is 2.23. The Bertz CT molecular complexity index is 527. The zero-order chi connectivity index (χ0) is 12.8. The molecule has 1 aromatic carbocycles. The average molecular weight is 241 g/mol. The van der Waals surface area contributed by atoms with Gasteiger partial charge >= 0.3 is 0 Å². The largest absolute Gasteiger partial charge is 0.353 e. The van der Waals surface area contributed by atoms with E-state index in [1.807, 2.05) is 36.4 Å². The lowest BCUT2D eigenvalue weighted by Crippen LogP contribution is -2.19. The smallest absolute Gasteiger partial charge is 0.217 e. The van der Waals surface area contributed by atoms with Crippen LogP contribution in [0.4, 0.5) is 0 Å². The Kier molecular flexibility index (Phi) is 3.91. The lowest BCUT2D eigenvalue weighted by molar-refractivity contribution is -0.118. The number of nitrogens with one attached hydrogen (secondary N) is 2. The van der Waals surface area contributed by atoms with Crippen LogP contribution in [0.25, 0.3) is 17.3 Å². The fourth-order valence-electron chi connectivity index (χ4n) is 1.59. The standard InChI is InChI=1S/C14H15N3O/c1-11(18)16-8-2-3-12-4-6-13(7-5-12)14-9-15-10-17-14/h2-7,9-10H,8H2,1H3,(H,15,17)(H,16,18). The molecule has 2 rings (SSSR count). The summed E-state index contributed by atoms with van der Waals surface area (Å²) in [4.78, 5) is 17.7. The summed E-state index contributed by atoms with van der Waals surface area (Å²) < 4.78 is 0. The fourth-order valence-corrected chi connectivity index (χ4v) is 1.59. The van der Waals surface area contributed by atoms with Crippen molar-refractivity contribution >= 4 is 12.0 Å². The van der Waals surface area contributed by atoms with Gasteiger partial charge < -0.3 is 10.3 Å². The van der Waals surface area contributed by atoms with E-state index in [4.69, 9.17) is 0 Å². The number of carbonyl (C=O) groups excluding carboxylic acids is 1. The number of H-pyrrole nitrogens is 1. The molecule has 0 aliphatic rings. The quantitative estimate of drug-likeness (QED) is 0.862. The molecule has 92 valence electrons. The highest BCUT2D eigenvalue weighted by Crippen LogP contribution is 2.16. The van der Waals surface area contributed by atoms with Crippen LogP contribution < -0.4 is 5.32 Å². The first-order valence-corrected chi connectivity index (χ1v) is 5.75. The Morgan fingerprint density at radius 3 is 2.78 bits per heavy atom. The second-order valence-corrected chi connectivity index (χ2v) is 3.93. The summed E-state index contributed by atoms with van der Waals surface area (Å²) in [5, 5.41) is 2.71. The Labute approximate surface area is 106 Å². The summed E-state index contributed by atoms with van der Waals surface area (Å²) in [6, 6.07) is 8.12. The molecule has 4 nitrogen and oxygen atoms in total. The maximum atomic E-state index is 10.7. The van der Waals surface area contributed by atoms with E-state index >= 15 is 0 Å². The van der Waals surface area contributed by atoms with Gasteiger partial charge in [-0.3, -0.25) is 4.79 Å². The molecular weight excluding hydrogens is 226 g/mol. The summed E-state index contributed by atoms with van der Waals surface area (Å²) in [7, 11) is 0. The van der Waals surface area contributed by atoms with Gasteiger partial charge in [-0.1, -0.05) is 36.4 Å². The second-order valence-electron chi connectivity index (χ2n) is 3.93. The van der Waals surface area contributed by atoms with E-state index in [0.29, 0.717) is 6.54 Å². The molecule has 0 saturated heterocycles. The van der Waals surface area contributed by atoms with Crippen molar-refractivity contribution in [1.82, 2.24) is 15.3 Å². The Morgan fingerprint density at radius 2 is 2.17 bits per heavy atom. The number of amides is 1. The van der Waals surface area contributed by atoms with E-state index in [-0.39, 0.29) is 5.91 Å². The molecule has 1 heterocycles. The number of carbonyl (C=O) groups is 1. The number of rotatable bonds is 4. The van der Waals surface area contributed by atoms with Gasteiger partial charge in [0.1, 0.15) is 0 Å². The monoisotopic (exact) mass is 241 g/mol. The zero-order valence-corrected chi connectivity index (χ0v) is 10.2. The first kappa shape index (κ1) is 12.1. The van der Waals surface area contributed by atoms with Crippen LogP contribution in [0.15, 0.2) is 42.9 Å². The SMILES string of the molecule is CC(=O)NCC=Cc1ccc(-c2cnc[nH]2)cc1. The maximum Gasteiger partial charge on any atom is 0.217 e. The van der Waals surface area contributed by atoms with E-state index in [1.165, 1.54) is 6.92 Å². The van der Waals surface area contributed by atoms with Crippen molar-refractivity contribution in [1.29, 1.82) is 0 Å².